The van der Waals surface area contributed by atoms with Gasteiger partial charge in [0.1, 0.15) is 33.0 Å². The van der Waals surface area contributed by atoms with Crippen molar-refractivity contribution in [3.05, 3.63) is 27.9 Å². The Hall–Kier alpha value is -2.02. The summed E-state index contributed by atoms with van der Waals surface area (Å²) in [6.07, 6.45) is 0. The van der Waals surface area contributed by atoms with Crippen molar-refractivity contribution in [2.45, 2.75) is 13.8 Å². The summed E-state index contributed by atoms with van der Waals surface area (Å²) in [4.78, 5) is 12.1. The predicted molar refractivity (Wildman–Crippen MR) is 83.4 cm³/mol. The van der Waals surface area contributed by atoms with Crippen LogP contribution in [0.2, 0.25) is 0 Å². The number of aromatic nitrogens is 1. The van der Waals surface area contributed by atoms with Gasteiger partial charge in [-0.1, -0.05) is 5.16 Å². The van der Waals surface area contributed by atoms with E-state index in [-0.39, 0.29) is 6.61 Å². The second kappa shape index (κ2) is 6.83. The fraction of sp³-hybridized carbons (Fsp3) is 0.333. The van der Waals surface area contributed by atoms with Gasteiger partial charge in [0.2, 0.25) is 0 Å². The molecule has 1 aromatic heterocycles. The number of rotatable bonds is 5. The maximum atomic E-state index is 12.1. The van der Waals surface area contributed by atoms with E-state index in [1.807, 2.05) is 0 Å². The zero-order chi connectivity index (χ0) is 16.3. The fourth-order valence-electron chi connectivity index (χ4n) is 2.02. The summed E-state index contributed by atoms with van der Waals surface area (Å²) in [6.45, 7) is 3.68. The second-order valence-electron chi connectivity index (χ2n) is 4.38. The highest BCUT2D eigenvalue weighted by Gasteiger charge is 2.24. The lowest BCUT2D eigenvalue weighted by Gasteiger charge is -2.11. The molecule has 1 heterocycles. The number of nitrogens with zero attached hydrogens (tertiary/aromatic N) is 1. The molecule has 0 radical (unpaired) electrons. The van der Waals surface area contributed by atoms with Crippen molar-refractivity contribution in [3.8, 4) is 22.8 Å². The van der Waals surface area contributed by atoms with Crippen LogP contribution in [0.3, 0.4) is 0 Å². The number of ether oxygens (including phenoxy) is 3. The Balaban J connectivity index is 2.60. The molecule has 0 saturated heterocycles. The Morgan fingerprint density at radius 1 is 1.27 bits per heavy atom. The Morgan fingerprint density at radius 3 is 2.36 bits per heavy atom. The van der Waals surface area contributed by atoms with Crippen molar-refractivity contribution < 1.29 is 23.5 Å². The molecule has 7 heteroatoms. The predicted octanol–water partition coefficient (Wildman–Crippen LogP) is 3.61. The van der Waals surface area contributed by atoms with Crippen LogP contribution in [0.15, 0.2) is 21.1 Å². The van der Waals surface area contributed by atoms with Gasteiger partial charge in [0.25, 0.3) is 0 Å². The van der Waals surface area contributed by atoms with Gasteiger partial charge < -0.3 is 18.7 Å². The lowest BCUT2D eigenvalue weighted by atomic mass is 10.1. The summed E-state index contributed by atoms with van der Waals surface area (Å²) < 4.78 is 21.5. The first-order valence-electron chi connectivity index (χ1n) is 6.58. The van der Waals surface area contributed by atoms with E-state index >= 15 is 0 Å². The van der Waals surface area contributed by atoms with Crippen molar-refractivity contribution in [1.82, 2.24) is 5.16 Å². The highest BCUT2D eigenvalue weighted by atomic mass is 79.9. The largest absolute Gasteiger partial charge is 0.495 e. The number of aryl methyl sites for hydroxylation is 1. The Kier molecular flexibility index (Phi) is 5.07. The summed E-state index contributed by atoms with van der Waals surface area (Å²) >= 11 is 3.40. The fourth-order valence-corrected chi connectivity index (χ4v) is 2.57. The van der Waals surface area contributed by atoms with Gasteiger partial charge in [0.05, 0.1) is 20.8 Å². The molecule has 0 saturated carbocycles. The van der Waals surface area contributed by atoms with Crippen LogP contribution in [0.5, 0.6) is 11.5 Å². The summed E-state index contributed by atoms with van der Waals surface area (Å²) in [6, 6.07) is 3.49. The number of methoxy groups -OCH3 is 2. The molecule has 0 N–H and O–H groups in total. The van der Waals surface area contributed by atoms with Crippen LogP contribution in [-0.4, -0.2) is 32.0 Å². The quantitative estimate of drug-likeness (QED) is 0.749. The van der Waals surface area contributed by atoms with E-state index in [4.69, 9.17) is 18.7 Å². The van der Waals surface area contributed by atoms with Crippen LogP contribution in [0.1, 0.15) is 23.0 Å². The average molecular weight is 370 g/mol. The van der Waals surface area contributed by atoms with E-state index in [1.165, 1.54) is 0 Å². The maximum Gasteiger partial charge on any atom is 0.344 e. The van der Waals surface area contributed by atoms with Crippen molar-refractivity contribution in [1.29, 1.82) is 0 Å². The van der Waals surface area contributed by atoms with Gasteiger partial charge in [-0.15, -0.1) is 0 Å². The molecule has 0 unspecified atom stereocenters. The minimum atomic E-state index is -0.475. The zero-order valence-corrected chi connectivity index (χ0v) is 14.3. The molecule has 2 rings (SSSR count). The number of hydrogen-bond donors (Lipinski definition) is 0. The standard InChI is InChI=1S/C15H16BrNO5/c1-5-21-15(18)12-8(2)22-17-14(12)9-6-10(19-3)13(16)11(7-9)20-4/h6-7H,5H2,1-4H3. The second-order valence-corrected chi connectivity index (χ2v) is 5.17. The molecule has 22 heavy (non-hydrogen) atoms. The highest BCUT2D eigenvalue weighted by Crippen LogP contribution is 2.39. The van der Waals surface area contributed by atoms with Crippen LogP contribution in [-0.2, 0) is 4.74 Å². The van der Waals surface area contributed by atoms with E-state index in [2.05, 4.69) is 21.1 Å². The zero-order valence-electron chi connectivity index (χ0n) is 12.7. The third-order valence-corrected chi connectivity index (χ3v) is 3.84. The molecule has 1 aromatic carbocycles. The lowest BCUT2D eigenvalue weighted by molar-refractivity contribution is 0.0525. The lowest BCUT2D eigenvalue weighted by Crippen LogP contribution is -2.06. The van der Waals surface area contributed by atoms with Gasteiger partial charge in [-0.25, -0.2) is 4.79 Å². The van der Waals surface area contributed by atoms with E-state index in [9.17, 15) is 4.79 Å². The van der Waals surface area contributed by atoms with Crippen molar-refractivity contribution in [3.63, 3.8) is 0 Å². The van der Waals surface area contributed by atoms with Crippen molar-refractivity contribution in [2.75, 3.05) is 20.8 Å². The molecular formula is C15H16BrNO5. The van der Waals surface area contributed by atoms with Crippen molar-refractivity contribution >= 4 is 21.9 Å². The van der Waals surface area contributed by atoms with Gasteiger partial charge in [-0.05, 0) is 41.9 Å². The Labute approximate surface area is 136 Å². The van der Waals surface area contributed by atoms with Gasteiger partial charge in [-0.3, -0.25) is 0 Å². The van der Waals surface area contributed by atoms with E-state index in [1.54, 1.807) is 40.2 Å². The number of esters is 1. The van der Waals surface area contributed by atoms with Crippen LogP contribution >= 0.6 is 15.9 Å². The van der Waals surface area contributed by atoms with E-state index in [0.717, 1.165) is 0 Å². The Morgan fingerprint density at radius 2 is 1.86 bits per heavy atom. The number of carbonyl (C=O) groups is 1. The SMILES string of the molecule is CCOC(=O)c1c(-c2cc(OC)c(Br)c(OC)c2)noc1C. The Bertz CT molecular complexity index is 670. The minimum Gasteiger partial charge on any atom is -0.495 e. The van der Waals surface area contributed by atoms with Crippen LogP contribution < -0.4 is 9.47 Å². The maximum absolute atomic E-state index is 12.1. The topological polar surface area (TPSA) is 70.8 Å². The van der Waals surface area contributed by atoms with E-state index in [0.29, 0.717) is 38.6 Å². The highest BCUT2D eigenvalue weighted by molar-refractivity contribution is 9.10. The van der Waals surface area contributed by atoms with Gasteiger partial charge in [0.15, 0.2) is 0 Å². The van der Waals surface area contributed by atoms with Crippen LogP contribution in [0.4, 0.5) is 0 Å². The molecule has 0 atom stereocenters. The summed E-state index contributed by atoms with van der Waals surface area (Å²) in [5.74, 6) is 1.04. The molecule has 0 fully saturated rings. The first-order chi connectivity index (χ1) is 10.5. The summed E-state index contributed by atoms with van der Waals surface area (Å²) in [5, 5.41) is 3.97. The molecule has 0 aliphatic carbocycles. The number of halogens is 1. The smallest absolute Gasteiger partial charge is 0.344 e. The number of hydrogen-bond acceptors (Lipinski definition) is 6. The molecule has 0 aliphatic rings. The third kappa shape index (κ3) is 2.94. The summed E-state index contributed by atoms with van der Waals surface area (Å²) in [5.41, 5.74) is 1.32. The average Bonchev–Trinajstić information content (AvgIpc) is 2.89. The molecule has 0 bridgehead atoms. The molecule has 2 aromatic rings. The van der Waals surface area contributed by atoms with Gasteiger partial charge in [-0.2, -0.15) is 0 Å². The third-order valence-electron chi connectivity index (χ3n) is 3.06. The van der Waals surface area contributed by atoms with E-state index < -0.39 is 5.97 Å². The number of benzene rings is 1. The molecule has 0 amide bonds. The molecule has 0 aliphatic heterocycles. The van der Waals surface area contributed by atoms with Crippen LogP contribution in [0, 0.1) is 6.92 Å². The first kappa shape index (κ1) is 16.4. The van der Waals surface area contributed by atoms with Crippen molar-refractivity contribution in [2.24, 2.45) is 0 Å². The van der Waals surface area contributed by atoms with Crippen LogP contribution in [0.25, 0.3) is 11.3 Å². The van der Waals surface area contributed by atoms with Gasteiger partial charge >= 0.3 is 5.97 Å². The molecule has 118 valence electrons. The normalized spacial score (nSPS) is 10.4. The summed E-state index contributed by atoms with van der Waals surface area (Å²) in [7, 11) is 3.09. The monoisotopic (exact) mass is 369 g/mol. The van der Waals surface area contributed by atoms with Gasteiger partial charge in [0, 0.05) is 5.56 Å². The number of carbonyl (C=O) groups excluding carboxylic acids is 1. The molecule has 6 nitrogen and oxygen atoms in total. The first-order valence-corrected chi connectivity index (χ1v) is 7.38. The molecular weight excluding hydrogens is 354 g/mol. The minimum absolute atomic E-state index is 0.274. The molecule has 0 spiro atoms.